The Bertz CT molecular complexity index is 900. The molecule has 4 rings (SSSR count). The summed E-state index contributed by atoms with van der Waals surface area (Å²) in [6, 6.07) is 13.9. The van der Waals surface area contributed by atoms with Gasteiger partial charge in [0.15, 0.2) is 5.17 Å². The molecular weight excluding hydrogens is 332 g/mol. The number of amidine groups is 1. The predicted molar refractivity (Wildman–Crippen MR) is 102 cm³/mol. The van der Waals surface area contributed by atoms with Gasteiger partial charge in [-0.25, -0.2) is 4.99 Å². The molecule has 2 aromatic carbocycles. The highest BCUT2D eigenvalue weighted by molar-refractivity contribution is 8.18. The Hall–Kier alpha value is -2.53. The monoisotopic (exact) mass is 350 g/mol. The zero-order valence-electron chi connectivity index (χ0n) is 14.1. The number of aliphatic imine (C=N–C) groups is 1. The van der Waals surface area contributed by atoms with E-state index in [0.717, 1.165) is 23.4 Å². The third-order valence-corrected chi connectivity index (χ3v) is 5.04. The lowest BCUT2D eigenvalue weighted by Gasteiger charge is -2.02. The largest absolute Gasteiger partial charge is 0.490 e. The number of carbonyl (C=O) groups is 1. The third kappa shape index (κ3) is 3.46. The van der Waals surface area contributed by atoms with Crippen molar-refractivity contribution in [3.8, 4) is 5.75 Å². The molecule has 0 unspecified atom stereocenters. The zero-order valence-corrected chi connectivity index (χ0v) is 14.9. The topological polar surface area (TPSA) is 50.7 Å². The van der Waals surface area contributed by atoms with E-state index in [1.54, 1.807) is 0 Å². The van der Waals surface area contributed by atoms with E-state index in [2.05, 4.69) is 23.3 Å². The van der Waals surface area contributed by atoms with Crippen LogP contribution in [0.1, 0.15) is 23.6 Å². The van der Waals surface area contributed by atoms with Crippen molar-refractivity contribution in [1.29, 1.82) is 0 Å². The minimum absolute atomic E-state index is 0.110. The molecule has 1 N–H and O–H groups in total. The van der Waals surface area contributed by atoms with Gasteiger partial charge in [0.2, 0.25) is 0 Å². The summed E-state index contributed by atoms with van der Waals surface area (Å²) in [5.74, 6) is 0.834. The summed E-state index contributed by atoms with van der Waals surface area (Å²) in [5.41, 5.74) is 4.21. The molecule has 1 saturated heterocycles. The smallest absolute Gasteiger partial charge is 0.264 e. The van der Waals surface area contributed by atoms with Crippen LogP contribution in [-0.4, -0.2) is 17.2 Å². The van der Waals surface area contributed by atoms with Crippen LogP contribution in [0.2, 0.25) is 0 Å². The molecule has 25 heavy (non-hydrogen) atoms. The second kappa shape index (κ2) is 6.41. The second-order valence-electron chi connectivity index (χ2n) is 6.32. The van der Waals surface area contributed by atoms with E-state index < -0.39 is 0 Å². The Morgan fingerprint density at radius 2 is 2.04 bits per heavy atom. The van der Waals surface area contributed by atoms with Crippen molar-refractivity contribution in [3.05, 3.63) is 64.1 Å². The van der Waals surface area contributed by atoms with E-state index in [4.69, 9.17) is 4.74 Å². The van der Waals surface area contributed by atoms with E-state index in [9.17, 15) is 4.79 Å². The normalized spacial score (nSPS) is 22.2. The Kier molecular flexibility index (Phi) is 4.09. The number of benzene rings is 2. The van der Waals surface area contributed by atoms with Gasteiger partial charge in [-0.2, -0.15) is 0 Å². The predicted octanol–water partition coefficient (Wildman–Crippen LogP) is 4.21. The molecule has 4 nitrogen and oxygen atoms in total. The molecule has 0 aromatic heterocycles. The van der Waals surface area contributed by atoms with Gasteiger partial charge >= 0.3 is 0 Å². The Labute approximate surface area is 151 Å². The molecule has 1 amide bonds. The standard InChI is InChI=1S/C20H18N2O2S/c1-12-3-6-16(7-4-12)21-20-22-19(23)18(25-20)11-14-5-8-17-15(10-14)9-13(2)24-17/h3-8,10-11,13H,9H2,1-2H3,(H,21,22,23)/b18-11+/t13-/m0/s1. The van der Waals surface area contributed by atoms with Crippen molar-refractivity contribution in [2.24, 2.45) is 4.99 Å². The summed E-state index contributed by atoms with van der Waals surface area (Å²) in [6.07, 6.45) is 3.03. The second-order valence-corrected chi connectivity index (χ2v) is 7.35. The van der Waals surface area contributed by atoms with E-state index in [1.807, 2.05) is 49.4 Å². The van der Waals surface area contributed by atoms with Crippen LogP contribution in [-0.2, 0) is 11.2 Å². The maximum Gasteiger partial charge on any atom is 0.264 e. The number of hydrogen-bond donors (Lipinski definition) is 1. The molecule has 2 aromatic rings. The number of aryl methyl sites for hydroxylation is 1. The van der Waals surface area contributed by atoms with Gasteiger partial charge in [0.1, 0.15) is 11.9 Å². The zero-order chi connectivity index (χ0) is 17.4. The van der Waals surface area contributed by atoms with Crippen LogP contribution in [0.15, 0.2) is 52.4 Å². The number of carbonyl (C=O) groups excluding carboxylic acids is 1. The van der Waals surface area contributed by atoms with Crippen LogP contribution in [0.5, 0.6) is 5.75 Å². The first-order valence-corrected chi connectivity index (χ1v) is 9.04. The average molecular weight is 350 g/mol. The first-order chi connectivity index (χ1) is 12.1. The summed E-state index contributed by atoms with van der Waals surface area (Å²) in [5, 5.41) is 3.44. The number of rotatable bonds is 2. The number of hydrogen-bond acceptors (Lipinski definition) is 4. The highest BCUT2D eigenvalue weighted by Crippen LogP contribution is 2.32. The maximum absolute atomic E-state index is 12.2. The molecule has 2 aliphatic rings. The first kappa shape index (κ1) is 16.0. The molecule has 126 valence electrons. The molecule has 0 radical (unpaired) electrons. The van der Waals surface area contributed by atoms with Crippen LogP contribution in [0.4, 0.5) is 5.69 Å². The lowest BCUT2D eigenvalue weighted by atomic mass is 10.1. The van der Waals surface area contributed by atoms with E-state index in [1.165, 1.54) is 22.9 Å². The van der Waals surface area contributed by atoms with Crippen molar-refractivity contribution in [2.45, 2.75) is 26.4 Å². The number of amides is 1. The number of fused-ring (bicyclic) bond motifs is 1. The molecule has 0 spiro atoms. The minimum Gasteiger partial charge on any atom is -0.490 e. The molecule has 2 heterocycles. The van der Waals surface area contributed by atoms with E-state index in [-0.39, 0.29) is 12.0 Å². The van der Waals surface area contributed by atoms with E-state index in [0.29, 0.717) is 10.1 Å². The van der Waals surface area contributed by atoms with E-state index >= 15 is 0 Å². The van der Waals surface area contributed by atoms with Crippen LogP contribution in [0, 0.1) is 6.92 Å². The lowest BCUT2D eigenvalue weighted by molar-refractivity contribution is -0.115. The van der Waals surface area contributed by atoms with Crippen molar-refractivity contribution in [3.63, 3.8) is 0 Å². The van der Waals surface area contributed by atoms with Gasteiger partial charge in [0.25, 0.3) is 5.91 Å². The lowest BCUT2D eigenvalue weighted by Crippen LogP contribution is -2.19. The third-order valence-electron chi connectivity index (χ3n) is 4.13. The van der Waals surface area contributed by atoms with Crippen molar-refractivity contribution < 1.29 is 9.53 Å². The fourth-order valence-corrected chi connectivity index (χ4v) is 3.74. The van der Waals surface area contributed by atoms with Gasteiger partial charge in [-0.3, -0.25) is 4.79 Å². The molecular formula is C20H18N2O2S. The van der Waals surface area contributed by atoms with Crippen LogP contribution in [0.3, 0.4) is 0 Å². The molecule has 5 heteroatoms. The summed E-state index contributed by atoms with van der Waals surface area (Å²) in [6.45, 7) is 4.10. The van der Waals surface area contributed by atoms with Gasteiger partial charge in [-0.15, -0.1) is 0 Å². The Balaban J connectivity index is 1.55. The summed E-state index contributed by atoms with van der Waals surface area (Å²) in [4.78, 5) is 17.4. The summed E-state index contributed by atoms with van der Waals surface area (Å²) < 4.78 is 5.72. The first-order valence-electron chi connectivity index (χ1n) is 8.23. The number of nitrogens with zero attached hydrogens (tertiary/aromatic N) is 1. The van der Waals surface area contributed by atoms with Gasteiger partial charge < -0.3 is 10.1 Å². The highest BCUT2D eigenvalue weighted by atomic mass is 32.2. The van der Waals surface area contributed by atoms with Gasteiger partial charge in [-0.1, -0.05) is 23.8 Å². The molecule has 0 bridgehead atoms. The molecule has 2 aliphatic heterocycles. The quantitative estimate of drug-likeness (QED) is 0.826. The summed E-state index contributed by atoms with van der Waals surface area (Å²) in [7, 11) is 0. The highest BCUT2D eigenvalue weighted by Gasteiger charge is 2.24. The number of ether oxygens (including phenoxy) is 1. The molecule has 0 saturated carbocycles. The van der Waals surface area contributed by atoms with Crippen molar-refractivity contribution >= 4 is 34.6 Å². The average Bonchev–Trinajstić information content (AvgIpc) is 3.11. The van der Waals surface area contributed by atoms with Gasteiger partial charge in [0, 0.05) is 6.42 Å². The SMILES string of the molecule is Cc1ccc(N=C2NC(=O)/C(=C\c3ccc4c(c3)C[C@H](C)O4)S2)cc1. The van der Waals surface area contributed by atoms with Crippen LogP contribution in [0.25, 0.3) is 6.08 Å². The number of nitrogens with one attached hydrogen (secondary N) is 1. The fourth-order valence-electron chi connectivity index (χ4n) is 2.90. The van der Waals surface area contributed by atoms with Gasteiger partial charge in [-0.05, 0) is 67.1 Å². The maximum atomic E-state index is 12.2. The minimum atomic E-state index is -0.110. The fraction of sp³-hybridized carbons (Fsp3) is 0.200. The molecule has 1 atom stereocenters. The molecule has 0 aliphatic carbocycles. The summed E-state index contributed by atoms with van der Waals surface area (Å²) >= 11 is 1.37. The van der Waals surface area contributed by atoms with Crippen LogP contribution >= 0.6 is 11.8 Å². The number of thioether (sulfide) groups is 1. The Morgan fingerprint density at radius 3 is 2.84 bits per heavy atom. The van der Waals surface area contributed by atoms with Crippen molar-refractivity contribution in [1.82, 2.24) is 5.32 Å². The molecule has 1 fully saturated rings. The Morgan fingerprint density at radius 1 is 1.24 bits per heavy atom. The van der Waals surface area contributed by atoms with Gasteiger partial charge in [0.05, 0.1) is 10.6 Å². The van der Waals surface area contributed by atoms with Crippen LogP contribution < -0.4 is 10.1 Å². The van der Waals surface area contributed by atoms with Crippen molar-refractivity contribution in [2.75, 3.05) is 0 Å².